The van der Waals surface area contributed by atoms with Gasteiger partial charge in [-0.25, -0.2) is 0 Å². The van der Waals surface area contributed by atoms with Gasteiger partial charge in [-0.05, 0) is 72.7 Å². The van der Waals surface area contributed by atoms with E-state index in [1.807, 2.05) is 56.3 Å². The Morgan fingerprint density at radius 2 is 1.64 bits per heavy atom. The Hall–Kier alpha value is -2.75. The summed E-state index contributed by atoms with van der Waals surface area (Å²) in [5.74, 6) is -1.15. The molecule has 2 heterocycles. The highest BCUT2D eigenvalue weighted by Crippen LogP contribution is 2.50. The highest BCUT2D eigenvalue weighted by Gasteiger charge is 2.60. The van der Waals surface area contributed by atoms with Gasteiger partial charge < -0.3 is 4.74 Å². The van der Waals surface area contributed by atoms with Gasteiger partial charge in [-0.1, -0.05) is 72.6 Å². The van der Waals surface area contributed by atoms with Gasteiger partial charge in [0, 0.05) is 10.9 Å². The van der Waals surface area contributed by atoms with Crippen LogP contribution in [0.2, 0.25) is 5.02 Å². The fraction of sp³-hybridized carbons (Fsp3) is 0.310. The van der Waals surface area contributed by atoms with E-state index in [4.69, 9.17) is 16.3 Å². The van der Waals surface area contributed by atoms with Crippen LogP contribution in [-0.2, 0) is 20.7 Å². The Balaban J connectivity index is 1.57. The summed E-state index contributed by atoms with van der Waals surface area (Å²) in [6.45, 7) is 5.95. The van der Waals surface area contributed by atoms with E-state index in [9.17, 15) is 9.59 Å². The van der Waals surface area contributed by atoms with Gasteiger partial charge >= 0.3 is 0 Å². The van der Waals surface area contributed by atoms with Crippen LogP contribution in [0.3, 0.4) is 0 Å². The van der Waals surface area contributed by atoms with Gasteiger partial charge in [0.2, 0.25) is 0 Å². The number of carbonyl (C=O) groups excluding carboxylic acids is 2. The zero-order valence-electron chi connectivity index (χ0n) is 19.1. The maximum atomic E-state index is 13.8. The number of Topliss-reactive ketones (excluding diaryl/α,β-unsaturated/α-hetero) is 2. The minimum atomic E-state index is -0.958. The number of halogens is 1. The van der Waals surface area contributed by atoms with E-state index in [0.717, 1.165) is 34.2 Å². The summed E-state index contributed by atoms with van der Waals surface area (Å²) in [5, 5.41) is 0.672. The smallest absolute Gasteiger partial charge is 0.179 e. The standard InChI is InChI=1S/C29H27ClO3/c1-4-18-9-10-21(19-11-13-22(30)14-12-19)15-23(18)25-26(31)27-24(16-29(3,33-27)28(25)32)20-7-5-17(2)6-8-20/h5-15,24-25,27H,4,16H2,1-3H3/t24-,25?,27+,29-/m1/s1. The van der Waals surface area contributed by atoms with Gasteiger partial charge in [0.15, 0.2) is 11.6 Å². The minimum Gasteiger partial charge on any atom is -0.356 e. The topological polar surface area (TPSA) is 43.4 Å². The number of ether oxygens (including phenoxy) is 1. The molecule has 3 nitrogen and oxygen atoms in total. The molecule has 3 aromatic rings. The van der Waals surface area contributed by atoms with Gasteiger partial charge in [0.25, 0.3) is 0 Å². The van der Waals surface area contributed by atoms with Crippen molar-refractivity contribution in [1.29, 1.82) is 0 Å². The lowest BCUT2D eigenvalue weighted by Crippen LogP contribution is -2.49. The summed E-state index contributed by atoms with van der Waals surface area (Å²) in [7, 11) is 0. The van der Waals surface area contributed by atoms with E-state index in [1.54, 1.807) is 0 Å². The number of benzene rings is 3. The van der Waals surface area contributed by atoms with Crippen molar-refractivity contribution in [3.63, 3.8) is 0 Å². The van der Waals surface area contributed by atoms with E-state index in [-0.39, 0.29) is 17.5 Å². The van der Waals surface area contributed by atoms with E-state index in [1.165, 1.54) is 5.56 Å². The molecule has 2 bridgehead atoms. The quantitative estimate of drug-likeness (QED) is 0.422. The Labute approximate surface area is 199 Å². The summed E-state index contributed by atoms with van der Waals surface area (Å²) in [6.07, 6.45) is 0.668. The molecule has 2 fully saturated rings. The molecule has 0 radical (unpaired) electrons. The highest BCUT2D eigenvalue weighted by atomic mass is 35.5. The molecule has 2 aliphatic rings. The van der Waals surface area contributed by atoms with E-state index < -0.39 is 17.6 Å². The lowest BCUT2D eigenvalue weighted by Gasteiger charge is -2.34. The van der Waals surface area contributed by atoms with Crippen LogP contribution in [0.1, 0.15) is 54.4 Å². The van der Waals surface area contributed by atoms with E-state index in [2.05, 4.69) is 31.2 Å². The van der Waals surface area contributed by atoms with Crippen LogP contribution < -0.4 is 0 Å². The Morgan fingerprint density at radius 1 is 0.970 bits per heavy atom. The first-order valence-electron chi connectivity index (χ1n) is 11.5. The second-order valence-electron chi connectivity index (χ2n) is 9.46. The first-order valence-corrected chi connectivity index (χ1v) is 11.9. The molecule has 2 aliphatic heterocycles. The van der Waals surface area contributed by atoms with Crippen molar-refractivity contribution in [2.45, 2.75) is 57.2 Å². The number of hydrogen-bond donors (Lipinski definition) is 0. The maximum absolute atomic E-state index is 13.8. The molecular formula is C29H27ClO3. The summed E-state index contributed by atoms with van der Waals surface area (Å²) in [4.78, 5) is 27.5. The SMILES string of the molecule is CCc1ccc(-c2ccc(Cl)cc2)cc1C1C(=O)[C@H]2O[C@](C)(C[C@@H]2c2ccc(C)cc2)C1=O. The molecule has 0 saturated carbocycles. The third-order valence-corrected chi connectivity index (χ3v) is 7.48. The van der Waals surface area contributed by atoms with Crippen LogP contribution >= 0.6 is 11.6 Å². The summed E-state index contributed by atoms with van der Waals surface area (Å²) >= 11 is 6.06. The lowest BCUT2D eigenvalue weighted by molar-refractivity contribution is -0.161. The molecule has 0 spiro atoms. The second kappa shape index (κ2) is 8.23. The highest BCUT2D eigenvalue weighted by molar-refractivity contribution is 6.30. The molecule has 0 amide bonds. The molecule has 0 aromatic heterocycles. The Bertz CT molecular complexity index is 1230. The zero-order chi connectivity index (χ0) is 23.3. The largest absolute Gasteiger partial charge is 0.356 e. The maximum Gasteiger partial charge on any atom is 0.179 e. The fourth-order valence-corrected chi connectivity index (χ4v) is 5.49. The number of aryl methyl sites for hydroxylation is 2. The summed E-state index contributed by atoms with van der Waals surface area (Å²) in [6, 6.07) is 21.9. The number of carbonyl (C=O) groups is 2. The van der Waals surface area contributed by atoms with Crippen molar-refractivity contribution in [3.8, 4) is 11.1 Å². The average Bonchev–Trinajstić information content (AvgIpc) is 3.15. The van der Waals surface area contributed by atoms with Crippen LogP contribution in [0.15, 0.2) is 66.7 Å². The van der Waals surface area contributed by atoms with Crippen molar-refractivity contribution in [1.82, 2.24) is 0 Å². The summed E-state index contributed by atoms with van der Waals surface area (Å²) < 4.78 is 6.15. The van der Waals surface area contributed by atoms with Crippen molar-refractivity contribution in [3.05, 3.63) is 94.0 Å². The van der Waals surface area contributed by atoms with Crippen LogP contribution in [-0.4, -0.2) is 23.3 Å². The summed E-state index contributed by atoms with van der Waals surface area (Å²) in [5.41, 5.74) is 5.07. The van der Waals surface area contributed by atoms with Gasteiger partial charge in [0.1, 0.15) is 17.6 Å². The Kier molecular flexibility index (Phi) is 5.50. The van der Waals surface area contributed by atoms with Gasteiger partial charge in [-0.15, -0.1) is 0 Å². The van der Waals surface area contributed by atoms with Gasteiger partial charge in [0.05, 0.1) is 0 Å². The molecule has 1 unspecified atom stereocenters. The number of rotatable bonds is 4. The predicted molar refractivity (Wildman–Crippen MR) is 131 cm³/mol. The van der Waals surface area contributed by atoms with Crippen molar-refractivity contribution < 1.29 is 14.3 Å². The fourth-order valence-electron chi connectivity index (χ4n) is 5.36. The van der Waals surface area contributed by atoms with Crippen LogP contribution in [0.4, 0.5) is 0 Å². The minimum absolute atomic E-state index is 0.110. The molecular weight excluding hydrogens is 432 g/mol. The van der Waals surface area contributed by atoms with Crippen molar-refractivity contribution >= 4 is 23.2 Å². The first kappa shape index (κ1) is 22.1. The number of ketones is 2. The molecule has 3 aromatic carbocycles. The third kappa shape index (κ3) is 3.74. The lowest BCUT2D eigenvalue weighted by atomic mass is 9.78. The van der Waals surface area contributed by atoms with Gasteiger partial charge in [-0.2, -0.15) is 0 Å². The number of hydrogen-bond acceptors (Lipinski definition) is 3. The Morgan fingerprint density at radius 3 is 2.30 bits per heavy atom. The number of fused-ring (bicyclic) bond motifs is 2. The zero-order valence-corrected chi connectivity index (χ0v) is 19.9. The van der Waals surface area contributed by atoms with Crippen LogP contribution in [0.5, 0.6) is 0 Å². The van der Waals surface area contributed by atoms with Crippen molar-refractivity contribution in [2.24, 2.45) is 0 Å². The second-order valence-corrected chi connectivity index (χ2v) is 9.90. The molecule has 0 aliphatic carbocycles. The monoisotopic (exact) mass is 458 g/mol. The molecule has 4 heteroatoms. The molecule has 33 heavy (non-hydrogen) atoms. The molecule has 4 atom stereocenters. The first-order chi connectivity index (χ1) is 15.8. The molecule has 0 N–H and O–H groups in total. The van der Waals surface area contributed by atoms with E-state index >= 15 is 0 Å². The molecule has 2 saturated heterocycles. The molecule has 168 valence electrons. The third-order valence-electron chi connectivity index (χ3n) is 7.23. The van der Waals surface area contributed by atoms with Crippen LogP contribution in [0.25, 0.3) is 11.1 Å². The van der Waals surface area contributed by atoms with Crippen molar-refractivity contribution in [2.75, 3.05) is 0 Å². The van der Waals surface area contributed by atoms with Gasteiger partial charge in [-0.3, -0.25) is 9.59 Å². The predicted octanol–water partition coefficient (Wildman–Crippen LogP) is 6.44. The molecule has 5 rings (SSSR count). The van der Waals surface area contributed by atoms with E-state index in [0.29, 0.717) is 11.4 Å². The van der Waals surface area contributed by atoms with Crippen LogP contribution in [0, 0.1) is 6.92 Å². The normalized spacial score (nSPS) is 26.6. The average molecular weight is 459 g/mol.